The number of aryl methyl sites for hydroxylation is 1. The minimum absolute atomic E-state index is 0. The number of nitrogens with zero attached hydrogens (tertiary/aromatic N) is 4. The molecule has 6 nitrogen and oxygen atoms in total. The SMILES string of the molecule is CN=C(NCc1ccc(CN2CCCC2)cc1)NCc1cccc(Cn2ccnc2C)c1.I. The maximum absolute atomic E-state index is 4.37. The van der Waals surface area contributed by atoms with Gasteiger partial charge in [-0.15, -0.1) is 24.0 Å². The molecule has 0 aliphatic carbocycles. The first-order valence-corrected chi connectivity index (χ1v) is 11.5. The van der Waals surface area contributed by atoms with E-state index in [1.54, 1.807) is 0 Å². The van der Waals surface area contributed by atoms with Crippen LogP contribution in [0.4, 0.5) is 0 Å². The molecule has 2 heterocycles. The molecule has 2 N–H and O–H groups in total. The van der Waals surface area contributed by atoms with E-state index >= 15 is 0 Å². The number of guanidine groups is 1. The minimum Gasteiger partial charge on any atom is -0.352 e. The van der Waals surface area contributed by atoms with Crippen LogP contribution in [0.3, 0.4) is 0 Å². The van der Waals surface area contributed by atoms with Crippen molar-refractivity contribution in [2.75, 3.05) is 20.1 Å². The first-order valence-electron chi connectivity index (χ1n) is 11.5. The second-order valence-corrected chi connectivity index (χ2v) is 8.50. The van der Waals surface area contributed by atoms with Gasteiger partial charge in [0.25, 0.3) is 0 Å². The second-order valence-electron chi connectivity index (χ2n) is 8.50. The molecule has 0 unspecified atom stereocenters. The van der Waals surface area contributed by atoms with Crippen molar-refractivity contribution in [3.8, 4) is 0 Å². The molecule has 1 aromatic heterocycles. The van der Waals surface area contributed by atoms with Crippen LogP contribution in [0, 0.1) is 6.92 Å². The first kappa shape index (κ1) is 25.2. The second kappa shape index (κ2) is 12.7. The number of halogens is 1. The molecule has 0 spiro atoms. The van der Waals surface area contributed by atoms with E-state index in [-0.39, 0.29) is 24.0 Å². The summed E-state index contributed by atoms with van der Waals surface area (Å²) in [5, 5.41) is 6.85. The zero-order valence-corrected chi connectivity index (χ0v) is 22.0. The zero-order valence-electron chi connectivity index (χ0n) is 19.6. The van der Waals surface area contributed by atoms with Gasteiger partial charge in [0, 0.05) is 45.6 Å². The molecule has 176 valence electrons. The van der Waals surface area contributed by atoms with E-state index in [9.17, 15) is 0 Å². The summed E-state index contributed by atoms with van der Waals surface area (Å²) in [5.74, 6) is 1.84. The summed E-state index contributed by atoms with van der Waals surface area (Å²) in [5.41, 5.74) is 5.15. The molecular formula is C26H35IN6. The quantitative estimate of drug-likeness (QED) is 0.246. The van der Waals surface area contributed by atoms with Crippen LogP contribution in [0.1, 0.15) is 40.9 Å². The van der Waals surface area contributed by atoms with Crippen molar-refractivity contribution in [3.63, 3.8) is 0 Å². The van der Waals surface area contributed by atoms with E-state index in [1.807, 2.05) is 26.4 Å². The normalized spacial score (nSPS) is 14.2. The number of aromatic nitrogens is 2. The van der Waals surface area contributed by atoms with Crippen molar-refractivity contribution < 1.29 is 0 Å². The highest BCUT2D eigenvalue weighted by Gasteiger charge is 2.11. The Morgan fingerprint density at radius 1 is 0.909 bits per heavy atom. The Hall–Kier alpha value is -2.39. The number of rotatable bonds is 8. The Bertz CT molecular complexity index is 1020. The fraction of sp³-hybridized carbons (Fsp3) is 0.385. The molecule has 2 aromatic carbocycles. The summed E-state index contributed by atoms with van der Waals surface area (Å²) in [6.45, 7) is 7.88. The molecule has 33 heavy (non-hydrogen) atoms. The third-order valence-electron chi connectivity index (χ3n) is 6.04. The number of aliphatic imine (C=N–C) groups is 1. The van der Waals surface area contributed by atoms with Gasteiger partial charge >= 0.3 is 0 Å². The lowest BCUT2D eigenvalue weighted by Gasteiger charge is -2.15. The standard InChI is InChI=1S/C26H34N6.HI/c1-21-28-12-15-32(21)20-25-7-5-6-24(16-25)18-30-26(27-2)29-17-22-8-10-23(11-9-22)19-31-13-3-4-14-31;/h5-12,15-16H,3-4,13-14,17-20H2,1-2H3,(H2,27,29,30);1H. The van der Waals surface area contributed by atoms with E-state index in [4.69, 9.17) is 0 Å². The Balaban J connectivity index is 0.00000306. The van der Waals surface area contributed by atoms with Crippen LogP contribution < -0.4 is 10.6 Å². The van der Waals surface area contributed by atoms with Gasteiger partial charge in [-0.25, -0.2) is 4.98 Å². The molecule has 1 saturated heterocycles. The maximum atomic E-state index is 4.37. The number of hydrogen-bond donors (Lipinski definition) is 2. The third kappa shape index (κ3) is 7.57. The molecule has 4 rings (SSSR count). The molecule has 0 atom stereocenters. The Labute approximate surface area is 214 Å². The van der Waals surface area contributed by atoms with Crippen LogP contribution in [0.25, 0.3) is 0 Å². The highest BCUT2D eigenvalue weighted by Crippen LogP contribution is 2.13. The average molecular weight is 559 g/mol. The van der Waals surface area contributed by atoms with Gasteiger partial charge in [0.2, 0.25) is 0 Å². The summed E-state index contributed by atoms with van der Waals surface area (Å²) in [6, 6.07) is 17.6. The highest BCUT2D eigenvalue weighted by atomic mass is 127. The fourth-order valence-corrected chi connectivity index (χ4v) is 4.16. The molecule has 1 aliphatic heterocycles. The van der Waals surface area contributed by atoms with Gasteiger partial charge in [-0.05, 0) is 55.1 Å². The number of imidazole rings is 1. The van der Waals surface area contributed by atoms with Crippen molar-refractivity contribution >= 4 is 29.9 Å². The number of likely N-dealkylation sites (tertiary alicyclic amines) is 1. The van der Waals surface area contributed by atoms with Crippen LogP contribution in [0.2, 0.25) is 0 Å². The molecule has 3 aromatic rings. The van der Waals surface area contributed by atoms with E-state index in [1.165, 1.54) is 48.2 Å². The topological polar surface area (TPSA) is 57.5 Å². The lowest BCUT2D eigenvalue weighted by Crippen LogP contribution is -2.36. The summed E-state index contributed by atoms with van der Waals surface area (Å²) in [7, 11) is 1.81. The van der Waals surface area contributed by atoms with E-state index in [0.29, 0.717) is 0 Å². The molecule has 0 amide bonds. The van der Waals surface area contributed by atoms with Gasteiger partial charge in [0.15, 0.2) is 5.96 Å². The van der Waals surface area contributed by atoms with Crippen LogP contribution in [-0.4, -0.2) is 40.5 Å². The van der Waals surface area contributed by atoms with Crippen LogP contribution in [0.15, 0.2) is 65.9 Å². The van der Waals surface area contributed by atoms with Gasteiger partial charge in [-0.1, -0.05) is 48.5 Å². The molecule has 1 fully saturated rings. The molecule has 0 radical (unpaired) electrons. The van der Waals surface area contributed by atoms with Gasteiger partial charge in [-0.3, -0.25) is 9.89 Å². The van der Waals surface area contributed by atoms with E-state index < -0.39 is 0 Å². The smallest absolute Gasteiger partial charge is 0.191 e. The van der Waals surface area contributed by atoms with Crippen molar-refractivity contribution in [2.45, 2.75) is 45.9 Å². The molecule has 0 bridgehead atoms. The van der Waals surface area contributed by atoms with Gasteiger partial charge in [0.1, 0.15) is 5.82 Å². The first-order chi connectivity index (χ1) is 15.7. The van der Waals surface area contributed by atoms with Gasteiger partial charge < -0.3 is 15.2 Å². The molecule has 7 heteroatoms. The Kier molecular flexibility index (Phi) is 9.75. The summed E-state index contributed by atoms with van der Waals surface area (Å²) in [4.78, 5) is 11.2. The minimum atomic E-state index is 0. The Morgan fingerprint density at radius 2 is 1.58 bits per heavy atom. The predicted octanol–water partition coefficient (Wildman–Crippen LogP) is 4.32. The fourth-order valence-electron chi connectivity index (χ4n) is 4.16. The lowest BCUT2D eigenvalue weighted by molar-refractivity contribution is 0.331. The van der Waals surface area contributed by atoms with Crippen molar-refractivity contribution in [3.05, 3.63) is 89.0 Å². The van der Waals surface area contributed by atoms with Crippen LogP contribution in [0.5, 0.6) is 0 Å². The third-order valence-corrected chi connectivity index (χ3v) is 6.04. The summed E-state index contributed by atoms with van der Waals surface area (Å²) >= 11 is 0. The van der Waals surface area contributed by atoms with Crippen molar-refractivity contribution in [1.29, 1.82) is 0 Å². The largest absolute Gasteiger partial charge is 0.352 e. The van der Waals surface area contributed by atoms with Crippen molar-refractivity contribution in [2.24, 2.45) is 4.99 Å². The molecule has 1 aliphatic rings. The Morgan fingerprint density at radius 3 is 2.24 bits per heavy atom. The van der Waals surface area contributed by atoms with Crippen LogP contribution >= 0.6 is 24.0 Å². The van der Waals surface area contributed by atoms with E-state index in [2.05, 4.69) is 78.6 Å². The molecule has 0 saturated carbocycles. The number of hydrogen-bond acceptors (Lipinski definition) is 3. The average Bonchev–Trinajstić information content (AvgIpc) is 3.47. The highest BCUT2D eigenvalue weighted by molar-refractivity contribution is 14.0. The number of nitrogens with one attached hydrogen (secondary N) is 2. The van der Waals surface area contributed by atoms with Crippen molar-refractivity contribution in [1.82, 2.24) is 25.1 Å². The monoisotopic (exact) mass is 558 g/mol. The van der Waals surface area contributed by atoms with E-state index in [0.717, 1.165) is 38.0 Å². The van der Waals surface area contributed by atoms with Gasteiger partial charge in [-0.2, -0.15) is 0 Å². The number of benzene rings is 2. The summed E-state index contributed by atoms with van der Waals surface area (Å²) in [6.07, 6.45) is 6.54. The molecular weight excluding hydrogens is 523 g/mol. The predicted molar refractivity (Wildman–Crippen MR) is 146 cm³/mol. The maximum Gasteiger partial charge on any atom is 0.191 e. The van der Waals surface area contributed by atoms with Gasteiger partial charge in [0.05, 0.1) is 0 Å². The lowest BCUT2D eigenvalue weighted by atomic mass is 10.1. The summed E-state index contributed by atoms with van der Waals surface area (Å²) < 4.78 is 2.16. The zero-order chi connectivity index (χ0) is 22.2. The van der Waals surface area contributed by atoms with Crippen LogP contribution in [-0.2, 0) is 26.2 Å².